The zero-order valence-electron chi connectivity index (χ0n) is 12.1. The summed E-state index contributed by atoms with van der Waals surface area (Å²) < 4.78 is 1.99. The SMILES string of the molecule is NCCCNc1cnn(-c2ccc(O)cc2)c1C1CCC1. The highest BCUT2D eigenvalue weighted by Gasteiger charge is 2.27. The van der Waals surface area contributed by atoms with Crippen LogP contribution in [-0.4, -0.2) is 28.0 Å². The highest BCUT2D eigenvalue weighted by Crippen LogP contribution is 2.40. The van der Waals surface area contributed by atoms with Crippen molar-refractivity contribution in [2.45, 2.75) is 31.6 Å². The van der Waals surface area contributed by atoms with Crippen molar-refractivity contribution in [1.82, 2.24) is 9.78 Å². The second kappa shape index (κ2) is 6.18. The summed E-state index contributed by atoms with van der Waals surface area (Å²) in [5, 5.41) is 17.4. The molecule has 0 spiro atoms. The predicted molar refractivity (Wildman–Crippen MR) is 84.0 cm³/mol. The summed E-state index contributed by atoms with van der Waals surface area (Å²) >= 11 is 0. The topological polar surface area (TPSA) is 76.1 Å². The molecule has 5 heteroatoms. The molecule has 2 aromatic rings. The molecule has 1 aliphatic carbocycles. The van der Waals surface area contributed by atoms with Gasteiger partial charge in [-0.15, -0.1) is 0 Å². The van der Waals surface area contributed by atoms with Gasteiger partial charge in [-0.3, -0.25) is 0 Å². The molecule has 112 valence electrons. The summed E-state index contributed by atoms with van der Waals surface area (Å²) in [5.41, 5.74) is 8.91. The molecule has 0 unspecified atom stereocenters. The summed E-state index contributed by atoms with van der Waals surface area (Å²) in [5.74, 6) is 0.846. The van der Waals surface area contributed by atoms with Gasteiger partial charge in [0.15, 0.2) is 0 Å². The van der Waals surface area contributed by atoms with Crippen molar-refractivity contribution in [2.24, 2.45) is 5.73 Å². The van der Waals surface area contributed by atoms with Crippen LogP contribution in [0.1, 0.15) is 37.3 Å². The van der Waals surface area contributed by atoms with E-state index in [1.807, 2.05) is 23.0 Å². The normalized spacial score (nSPS) is 14.9. The number of aromatic nitrogens is 2. The first-order valence-electron chi connectivity index (χ1n) is 7.61. The Balaban J connectivity index is 1.90. The number of hydrogen-bond acceptors (Lipinski definition) is 4. The summed E-state index contributed by atoms with van der Waals surface area (Å²) in [4.78, 5) is 0. The van der Waals surface area contributed by atoms with Gasteiger partial charge in [-0.05, 0) is 50.1 Å². The second-order valence-electron chi connectivity index (χ2n) is 5.57. The Morgan fingerprint density at radius 2 is 2.05 bits per heavy atom. The van der Waals surface area contributed by atoms with Crippen LogP contribution in [0.4, 0.5) is 5.69 Å². The fraction of sp³-hybridized carbons (Fsp3) is 0.438. The minimum atomic E-state index is 0.275. The van der Waals surface area contributed by atoms with E-state index in [2.05, 4.69) is 10.4 Å². The van der Waals surface area contributed by atoms with Crippen LogP contribution in [0.3, 0.4) is 0 Å². The molecule has 0 saturated heterocycles. The number of nitrogens with two attached hydrogens (primary N) is 1. The lowest BCUT2D eigenvalue weighted by molar-refractivity contribution is 0.404. The molecule has 1 saturated carbocycles. The van der Waals surface area contributed by atoms with Gasteiger partial charge in [0.25, 0.3) is 0 Å². The van der Waals surface area contributed by atoms with Crippen LogP contribution < -0.4 is 11.1 Å². The third-order valence-corrected chi connectivity index (χ3v) is 4.09. The number of rotatable bonds is 6. The number of phenols is 1. The number of hydrogen-bond donors (Lipinski definition) is 3. The van der Waals surface area contributed by atoms with Crippen LogP contribution in [0.5, 0.6) is 5.75 Å². The van der Waals surface area contributed by atoms with Gasteiger partial charge < -0.3 is 16.2 Å². The molecule has 1 aromatic heterocycles. The zero-order chi connectivity index (χ0) is 14.7. The quantitative estimate of drug-likeness (QED) is 0.713. The molecule has 0 amide bonds. The van der Waals surface area contributed by atoms with Crippen LogP contribution >= 0.6 is 0 Å². The van der Waals surface area contributed by atoms with Crippen LogP contribution in [0, 0.1) is 0 Å². The maximum absolute atomic E-state index is 9.43. The molecule has 0 bridgehead atoms. The Morgan fingerprint density at radius 3 is 2.67 bits per heavy atom. The third kappa shape index (κ3) is 2.88. The van der Waals surface area contributed by atoms with E-state index in [0.29, 0.717) is 12.5 Å². The van der Waals surface area contributed by atoms with Crippen LogP contribution in [0.2, 0.25) is 0 Å². The Kier molecular flexibility index (Phi) is 4.10. The summed E-state index contributed by atoms with van der Waals surface area (Å²) in [6.07, 6.45) is 6.57. The molecular formula is C16H22N4O. The molecule has 1 fully saturated rings. The monoisotopic (exact) mass is 286 g/mol. The van der Waals surface area contributed by atoms with Gasteiger partial charge in [-0.2, -0.15) is 5.10 Å². The first kappa shape index (κ1) is 13.9. The number of nitrogens with one attached hydrogen (secondary N) is 1. The van der Waals surface area contributed by atoms with Crippen LogP contribution in [0.25, 0.3) is 5.69 Å². The smallest absolute Gasteiger partial charge is 0.115 e. The van der Waals surface area contributed by atoms with Crippen molar-refractivity contribution in [3.05, 3.63) is 36.2 Å². The van der Waals surface area contributed by atoms with Gasteiger partial charge in [0, 0.05) is 12.5 Å². The fourth-order valence-corrected chi connectivity index (χ4v) is 2.69. The first-order chi connectivity index (χ1) is 10.3. The third-order valence-electron chi connectivity index (χ3n) is 4.09. The predicted octanol–water partition coefficient (Wildman–Crippen LogP) is 2.61. The van der Waals surface area contributed by atoms with Crippen molar-refractivity contribution in [3.63, 3.8) is 0 Å². The van der Waals surface area contributed by atoms with E-state index in [1.54, 1.807) is 12.1 Å². The van der Waals surface area contributed by atoms with E-state index in [1.165, 1.54) is 25.0 Å². The molecular weight excluding hydrogens is 264 g/mol. The van der Waals surface area contributed by atoms with E-state index in [9.17, 15) is 5.11 Å². The number of anilines is 1. The van der Waals surface area contributed by atoms with Crippen LogP contribution in [-0.2, 0) is 0 Å². The van der Waals surface area contributed by atoms with Crippen molar-refractivity contribution < 1.29 is 5.11 Å². The second-order valence-corrected chi connectivity index (χ2v) is 5.57. The van der Waals surface area contributed by atoms with E-state index < -0.39 is 0 Å². The molecule has 5 nitrogen and oxygen atoms in total. The molecule has 21 heavy (non-hydrogen) atoms. The average molecular weight is 286 g/mol. The van der Waals surface area contributed by atoms with Gasteiger partial charge in [0.2, 0.25) is 0 Å². The molecule has 1 aliphatic rings. The van der Waals surface area contributed by atoms with Gasteiger partial charge in [0.05, 0.1) is 23.3 Å². The lowest BCUT2D eigenvalue weighted by atomic mass is 9.82. The summed E-state index contributed by atoms with van der Waals surface area (Å²) in [6, 6.07) is 7.19. The Bertz CT molecular complexity index is 587. The Labute approximate surface area is 124 Å². The van der Waals surface area contributed by atoms with E-state index >= 15 is 0 Å². The number of nitrogens with zero attached hydrogens (tertiary/aromatic N) is 2. The average Bonchev–Trinajstić information content (AvgIpc) is 2.82. The molecule has 0 aliphatic heterocycles. The van der Waals surface area contributed by atoms with Crippen molar-refractivity contribution in [1.29, 1.82) is 0 Å². The Morgan fingerprint density at radius 1 is 1.29 bits per heavy atom. The lowest BCUT2D eigenvalue weighted by Crippen LogP contribution is -2.17. The molecule has 0 atom stereocenters. The summed E-state index contributed by atoms with van der Waals surface area (Å²) in [7, 11) is 0. The number of benzene rings is 1. The Hall–Kier alpha value is -2.01. The van der Waals surface area contributed by atoms with Crippen molar-refractivity contribution in [2.75, 3.05) is 18.4 Å². The molecule has 4 N–H and O–H groups in total. The lowest BCUT2D eigenvalue weighted by Gasteiger charge is -2.27. The molecule has 0 radical (unpaired) electrons. The van der Waals surface area contributed by atoms with Crippen molar-refractivity contribution >= 4 is 5.69 Å². The van der Waals surface area contributed by atoms with Gasteiger partial charge in [-0.25, -0.2) is 4.68 Å². The van der Waals surface area contributed by atoms with Crippen molar-refractivity contribution in [3.8, 4) is 11.4 Å². The number of aromatic hydroxyl groups is 1. The zero-order valence-corrected chi connectivity index (χ0v) is 12.1. The minimum Gasteiger partial charge on any atom is -0.508 e. The van der Waals surface area contributed by atoms with E-state index in [-0.39, 0.29) is 5.75 Å². The maximum atomic E-state index is 9.43. The highest BCUT2D eigenvalue weighted by molar-refractivity contribution is 5.52. The molecule has 1 aromatic carbocycles. The van der Waals surface area contributed by atoms with E-state index in [4.69, 9.17) is 5.73 Å². The highest BCUT2D eigenvalue weighted by atomic mass is 16.3. The fourth-order valence-electron chi connectivity index (χ4n) is 2.69. The molecule has 1 heterocycles. The number of phenolic OH excluding ortho intramolecular Hbond substituents is 1. The van der Waals surface area contributed by atoms with Gasteiger partial charge >= 0.3 is 0 Å². The minimum absolute atomic E-state index is 0.275. The molecule has 3 rings (SSSR count). The van der Waals surface area contributed by atoms with Gasteiger partial charge in [-0.1, -0.05) is 6.42 Å². The van der Waals surface area contributed by atoms with Gasteiger partial charge in [0.1, 0.15) is 5.75 Å². The largest absolute Gasteiger partial charge is 0.508 e. The first-order valence-corrected chi connectivity index (χ1v) is 7.61. The van der Waals surface area contributed by atoms with Crippen LogP contribution in [0.15, 0.2) is 30.5 Å². The standard InChI is InChI=1S/C16H22N4O/c17-9-2-10-18-15-11-19-20(16(15)12-3-1-4-12)13-5-7-14(21)8-6-13/h5-8,11-12,18,21H,1-4,9-10,17H2. The summed E-state index contributed by atoms with van der Waals surface area (Å²) in [6.45, 7) is 1.56. The maximum Gasteiger partial charge on any atom is 0.115 e. The van der Waals surface area contributed by atoms with E-state index in [0.717, 1.165) is 24.3 Å².